The maximum Gasteiger partial charge on any atom is 0.409 e. The van der Waals surface area contributed by atoms with Gasteiger partial charge in [-0.1, -0.05) is 6.42 Å². The van der Waals surface area contributed by atoms with Gasteiger partial charge in [-0.15, -0.1) is 5.10 Å². The van der Waals surface area contributed by atoms with Crippen molar-refractivity contribution >= 4 is 12.0 Å². The van der Waals surface area contributed by atoms with Gasteiger partial charge in [-0.25, -0.2) is 9.48 Å². The summed E-state index contributed by atoms with van der Waals surface area (Å²) in [5.41, 5.74) is 0. The zero-order valence-corrected chi connectivity index (χ0v) is 13.3. The Hall–Kier alpha value is -2.19. The Labute approximate surface area is 134 Å². The van der Waals surface area contributed by atoms with E-state index in [1.807, 2.05) is 4.90 Å². The molecule has 0 aliphatic carbocycles. The molecule has 2 amide bonds. The summed E-state index contributed by atoms with van der Waals surface area (Å²) in [4.78, 5) is 28.0. The van der Waals surface area contributed by atoms with Crippen molar-refractivity contribution in [2.45, 2.75) is 38.6 Å². The normalized spacial score (nSPS) is 21.5. The standard InChI is InChI=1S/C14H22N6O3/c1-2-23-14(22)19-9-7-18(8-10-19)13(21)11-5-3-4-6-20-12(11)15-16-17-20/h11H,2-10H2,1H3/t11-/m1/s1. The largest absolute Gasteiger partial charge is 0.450 e. The molecule has 9 heteroatoms. The van der Waals surface area contributed by atoms with Crippen LogP contribution in [0.25, 0.3) is 0 Å². The fourth-order valence-electron chi connectivity index (χ4n) is 3.14. The molecular formula is C14H22N6O3. The smallest absolute Gasteiger partial charge is 0.409 e. The third-order valence-corrected chi connectivity index (χ3v) is 4.40. The van der Waals surface area contributed by atoms with Crippen molar-refractivity contribution in [1.29, 1.82) is 0 Å². The molecule has 1 atom stereocenters. The Kier molecular flexibility index (Phi) is 4.73. The number of rotatable bonds is 2. The first-order valence-corrected chi connectivity index (χ1v) is 8.17. The van der Waals surface area contributed by atoms with Crippen LogP contribution in [-0.4, -0.2) is 74.8 Å². The van der Waals surface area contributed by atoms with Gasteiger partial charge < -0.3 is 14.5 Å². The number of amides is 2. The molecule has 1 saturated heterocycles. The van der Waals surface area contributed by atoms with Crippen LogP contribution in [0.1, 0.15) is 37.9 Å². The van der Waals surface area contributed by atoms with Crippen LogP contribution in [0.3, 0.4) is 0 Å². The van der Waals surface area contributed by atoms with Gasteiger partial charge >= 0.3 is 6.09 Å². The van der Waals surface area contributed by atoms with Gasteiger partial charge in [0.2, 0.25) is 5.91 Å². The second-order valence-corrected chi connectivity index (χ2v) is 5.82. The Morgan fingerprint density at radius 1 is 1.13 bits per heavy atom. The Bertz CT molecular complexity index is 567. The summed E-state index contributed by atoms with van der Waals surface area (Å²) < 4.78 is 6.74. The number of ether oxygens (including phenoxy) is 1. The molecule has 9 nitrogen and oxygen atoms in total. The predicted octanol–water partition coefficient (Wildman–Crippen LogP) is 0.241. The first-order valence-electron chi connectivity index (χ1n) is 8.17. The highest BCUT2D eigenvalue weighted by Gasteiger charge is 2.34. The summed E-state index contributed by atoms with van der Waals surface area (Å²) in [5.74, 6) is 0.452. The highest BCUT2D eigenvalue weighted by molar-refractivity contribution is 5.83. The molecule has 0 aromatic carbocycles. The van der Waals surface area contributed by atoms with Gasteiger partial charge in [0.15, 0.2) is 5.82 Å². The number of fused-ring (bicyclic) bond motifs is 1. The molecule has 2 aliphatic heterocycles. The lowest BCUT2D eigenvalue weighted by Crippen LogP contribution is -2.51. The number of tetrazole rings is 1. The highest BCUT2D eigenvalue weighted by Crippen LogP contribution is 2.26. The van der Waals surface area contributed by atoms with Crippen LogP contribution in [-0.2, 0) is 16.1 Å². The maximum absolute atomic E-state index is 12.9. The van der Waals surface area contributed by atoms with Crippen LogP contribution in [0.2, 0.25) is 0 Å². The van der Waals surface area contributed by atoms with Crippen LogP contribution < -0.4 is 0 Å². The second kappa shape index (κ2) is 6.93. The fraction of sp³-hybridized carbons (Fsp3) is 0.786. The molecule has 3 heterocycles. The third kappa shape index (κ3) is 3.27. The number of piperazine rings is 1. The summed E-state index contributed by atoms with van der Waals surface area (Å²) in [6.07, 6.45) is 2.43. The topological polar surface area (TPSA) is 93.5 Å². The summed E-state index contributed by atoms with van der Waals surface area (Å²) >= 11 is 0. The first kappa shape index (κ1) is 15.7. The molecule has 0 bridgehead atoms. The summed E-state index contributed by atoms with van der Waals surface area (Å²) in [7, 11) is 0. The van der Waals surface area contributed by atoms with Gasteiger partial charge in [-0.05, 0) is 30.2 Å². The molecule has 0 unspecified atom stereocenters. The molecule has 2 aliphatic rings. The fourth-order valence-corrected chi connectivity index (χ4v) is 3.14. The molecule has 0 saturated carbocycles. The number of nitrogens with zero attached hydrogens (tertiary/aromatic N) is 6. The van der Waals surface area contributed by atoms with Gasteiger partial charge in [0.1, 0.15) is 0 Å². The van der Waals surface area contributed by atoms with E-state index in [9.17, 15) is 9.59 Å². The molecule has 1 aromatic heterocycles. The van der Waals surface area contributed by atoms with Gasteiger partial charge in [0.05, 0.1) is 12.5 Å². The molecular weight excluding hydrogens is 300 g/mol. The summed E-state index contributed by atoms with van der Waals surface area (Å²) in [6, 6.07) is 0. The Morgan fingerprint density at radius 2 is 1.87 bits per heavy atom. The molecule has 1 fully saturated rings. The number of aromatic nitrogens is 4. The van der Waals surface area contributed by atoms with E-state index in [1.54, 1.807) is 16.5 Å². The van der Waals surface area contributed by atoms with Crippen molar-refractivity contribution in [2.24, 2.45) is 0 Å². The second-order valence-electron chi connectivity index (χ2n) is 5.82. The average molecular weight is 322 g/mol. The van der Waals surface area contributed by atoms with E-state index in [2.05, 4.69) is 15.5 Å². The minimum absolute atomic E-state index is 0.0615. The van der Waals surface area contributed by atoms with Crippen LogP contribution in [0.5, 0.6) is 0 Å². The van der Waals surface area contributed by atoms with E-state index in [-0.39, 0.29) is 17.9 Å². The molecule has 126 valence electrons. The van der Waals surface area contributed by atoms with Gasteiger partial charge in [-0.2, -0.15) is 0 Å². The lowest BCUT2D eigenvalue weighted by Gasteiger charge is -2.35. The molecule has 0 radical (unpaired) electrons. The van der Waals surface area contributed by atoms with Gasteiger partial charge in [0.25, 0.3) is 0 Å². The van der Waals surface area contributed by atoms with Crippen molar-refractivity contribution in [1.82, 2.24) is 30.0 Å². The van der Waals surface area contributed by atoms with Crippen LogP contribution in [0, 0.1) is 0 Å². The lowest BCUT2D eigenvalue weighted by molar-refractivity contribution is -0.134. The minimum Gasteiger partial charge on any atom is -0.450 e. The van der Waals surface area contributed by atoms with Crippen molar-refractivity contribution in [2.75, 3.05) is 32.8 Å². The van der Waals surface area contributed by atoms with E-state index in [1.165, 1.54) is 0 Å². The monoisotopic (exact) mass is 322 g/mol. The maximum atomic E-state index is 12.9. The predicted molar refractivity (Wildman–Crippen MR) is 79.6 cm³/mol. The molecule has 1 aromatic rings. The number of aryl methyl sites for hydroxylation is 1. The van der Waals surface area contributed by atoms with Gasteiger partial charge in [-0.3, -0.25) is 4.79 Å². The highest BCUT2D eigenvalue weighted by atomic mass is 16.6. The molecule has 3 rings (SSSR count). The van der Waals surface area contributed by atoms with E-state index in [0.717, 1.165) is 25.8 Å². The number of hydrogen-bond donors (Lipinski definition) is 0. The van der Waals surface area contributed by atoms with Crippen molar-refractivity contribution < 1.29 is 14.3 Å². The Balaban J connectivity index is 1.63. The number of carbonyl (C=O) groups excluding carboxylic acids is 2. The van der Waals surface area contributed by atoms with E-state index >= 15 is 0 Å². The van der Waals surface area contributed by atoms with E-state index in [0.29, 0.717) is 38.6 Å². The zero-order valence-electron chi connectivity index (χ0n) is 13.3. The number of carbonyl (C=O) groups is 2. The average Bonchev–Trinajstić information content (AvgIpc) is 2.94. The number of hydrogen-bond acceptors (Lipinski definition) is 6. The van der Waals surface area contributed by atoms with Crippen molar-refractivity contribution in [3.63, 3.8) is 0 Å². The molecule has 0 spiro atoms. The third-order valence-electron chi connectivity index (χ3n) is 4.40. The summed E-state index contributed by atoms with van der Waals surface area (Å²) in [6.45, 7) is 4.97. The van der Waals surface area contributed by atoms with Crippen molar-refractivity contribution in [3.05, 3.63) is 5.82 Å². The quantitative estimate of drug-likeness (QED) is 0.774. The van der Waals surface area contributed by atoms with E-state index < -0.39 is 0 Å². The van der Waals surface area contributed by atoms with E-state index in [4.69, 9.17) is 4.74 Å². The lowest BCUT2D eigenvalue weighted by atomic mass is 10.0. The van der Waals surface area contributed by atoms with Crippen LogP contribution >= 0.6 is 0 Å². The molecule has 23 heavy (non-hydrogen) atoms. The van der Waals surface area contributed by atoms with Crippen molar-refractivity contribution in [3.8, 4) is 0 Å². The first-order chi connectivity index (χ1) is 11.2. The Morgan fingerprint density at radius 3 is 2.61 bits per heavy atom. The van der Waals surface area contributed by atoms with Crippen LogP contribution in [0.15, 0.2) is 0 Å². The van der Waals surface area contributed by atoms with Gasteiger partial charge in [0, 0.05) is 32.7 Å². The minimum atomic E-state index is -0.307. The zero-order chi connectivity index (χ0) is 16.2. The summed E-state index contributed by atoms with van der Waals surface area (Å²) in [5, 5.41) is 11.7. The molecule has 0 N–H and O–H groups in total. The van der Waals surface area contributed by atoms with Crippen LogP contribution in [0.4, 0.5) is 4.79 Å². The SMILES string of the molecule is CCOC(=O)N1CCN(C(=O)[C@@H]2CCCCn3nnnc32)CC1.